The average molecular weight is 455 g/mol. The quantitative estimate of drug-likeness (QED) is 0.271. The summed E-state index contributed by atoms with van der Waals surface area (Å²) in [5, 5.41) is 1.08. The van der Waals surface area contributed by atoms with E-state index in [1.165, 1.54) is 63.9 Å². The smallest absolute Gasteiger partial charge is 0.165 e. The Kier molecular flexibility index (Phi) is 8.44. The van der Waals surface area contributed by atoms with Crippen LogP contribution >= 0.6 is 0 Å². The zero-order valence-corrected chi connectivity index (χ0v) is 20.4. The van der Waals surface area contributed by atoms with E-state index in [9.17, 15) is 4.39 Å². The molecule has 2 saturated carbocycles. The lowest BCUT2D eigenvalue weighted by Crippen LogP contribution is -2.30. The predicted molar refractivity (Wildman–Crippen MR) is 134 cm³/mol. The zero-order chi connectivity index (χ0) is 23.2. The van der Waals surface area contributed by atoms with Gasteiger partial charge in [0.2, 0.25) is 0 Å². The molecule has 2 aliphatic rings. The van der Waals surface area contributed by atoms with Crippen LogP contribution < -0.4 is 4.74 Å². The minimum atomic E-state index is -0.496. The molecule has 180 valence electrons. The van der Waals surface area contributed by atoms with Crippen molar-refractivity contribution < 1.29 is 13.5 Å². The molecular formula is C30H40F2O. The van der Waals surface area contributed by atoms with Crippen molar-refractivity contribution in [1.82, 2.24) is 0 Å². The number of ether oxygens (including phenoxy) is 1. The molecule has 3 heteroatoms. The van der Waals surface area contributed by atoms with Crippen molar-refractivity contribution in [3.63, 3.8) is 0 Å². The SMILES string of the molecule is CC=CCOc1cc2ccc(C3CCC4CC(CCCCCC)CCC4C3)c(F)c2cc1F. The lowest BCUT2D eigenvalue weighted by atomic mass is 9.63. The van der Waals surface area contributed by atoms with Crippen molar-refractivity contribution in [1.29, 1.82) is 0 Å². The molecule has 0 bridgehead atoms. The van der Waals surface area contributed by atoms with Crippen molar-refractivity contribution in [2.45, 2.75) is 90.4 Å². The summed E-state index contributed by atoms with van der Waals surface area (Å²) in [6.45, 7) is 4.48. The van der Waals surface area contributed by atoms with Gasteiger partial charge in [-0.25, -0.2) is 8.78 Å². The Morgan fingerprint density at radius 1 is 0.970 bits per heavy atom. The minimum absolute atomic E-state index is 0.180. The Balaban J connectivity index is 1.42. The van der Waals surface area contributed by atoms with Crippen LogP contribution in [-0.4, -0.2) is 6.61 Å². The van der Waals surface area contributed by atoms with Crippen LogP contribution in [0, 0.1) is 29.4 Å². The van der Waals surface area contributed by atoms with Gasteiger partial charge in [0.15, 0.2) is 11.6 Å². The van der Waals surface area contributed by atoms with Crippen LogP contribution in [0.15, 0.2) is 36.4 Å². The summed E-state index contributed by atoms with van der Waals surface area (Å²) >= 11 is 0. The van der Waals surface area contributed by atoms with E-state index in [0.29, 0.717) is 17.4 Å². The Morgan fingerprint density at radius 2 is 1.79 bits per heavy atom. The summed E-state index contributed by atoms with van der Waals surface area (Å²) in [6.07, 6.45) is 17.9. The third kappa shape index (κ3) is 5.78. The van der Waals surface area contributed by atoms with E-state index < -0.39 is 5.82 Å². The highest BCUT2D eigenvalue weighted by Gasteiger charge is 2.36. The molecule has 2 fully saturated rings. The molecule has 0 radical (unpaired) electrons. The van der Waals surface area contributed by atoms with Gasteiger partial charge in [-0.3, -0.25) is 0 Å². The molecule has 2 aliphatic carbocycles. The summed E-state index contributed by atoms with van der Waals surface area (Å²) in [7, 11) is 0. The van der Waals surface area contributed by atoms with Crippen molar-refractivity contribution in [2.75, 3.05) is 6.61 Å². The normalized spacial score (nSPS) is 25.5. The minimum Gasteiger partial charge on any atom is -0.486 e. The number of benzene rings is 2. The molecule has 0 N–H and O–H groups in total. The highest BCUT2D eigenvalue weighted by Crippen LogP contribution is 2.49. The van der Waals surface area contributed by atoms with Gasteiger partial charge in [-0.05, 0) is 85.8 Å². The van der Waals surface area contributed by atoms with E-state index in [1.54, 1.807) is 6.07 Å². The first-order chi connectivity index (χ1) is 16.1. The second-order valence-electron chi connectivity index (χ2n) is 10.4. The highest BCUT2D eigenvalue weighted by molar-refractivity contribution is 5.85. The first kappa shape index (κ1) is 24.2. The van der Waals surface area contributed by atoms with Gasteiger partial charge in [-0.2, -0.15) is 0 Å². The number of hydrogen-bond acceptors (Lipinski definition) is 1. The summed E-state index contributed by atoms with van der Waals surface area (Å²) < 4.78 is 35.6. The molecule has 33 heavy (non-hydrogen) atoms. The monoisotopic (exact) mass is 454 g/mol. The Labute approximate surface area is 198 Å². The van der Waals surface area contributed by atoms with E-state index in [-0.39, 0.29) is 17.5 Å². The molecule has 0 aliphatic heterocycles. The van der Waals surface area contributed by atoms with Crippen LogP contribution in [0.3, 0.4) is 0 Å². The molecule has 0 heterocycles. The number of halogens is 2. The Morgan fingerprint density at radius 3 is 2.61 bits per heavy atom. The summed E-state index contributed by atoms with van der Waals surface area (Å²) in [4.78, 5) is 0. The second kappa shape index (κ2) is 11.5. The van der Waals surface area contributed by atoms with Gasteiger partial charge in [-0.1, -0.05) is 69.7 Å². The molecule has 0 aromatic heterocycles. The van der Waals surface area contributed by atoms with Gasteiger partial charge in [-0.15, -0.1) is 0 Å². The second-order valence-corrected chi connectivity index (χ2v) is 10.4. The van der Waals surface area contributed by atoms with E-state index in [0.717, 1.165) is 36.2 Å². The van der Waals surface area contributed by atoms with Crippen LogP contribution in [0.25, 0.3) is 10.8 Å². The molecular weight excluding hydrogens is 414 g/mol. The van der Waals surface area contributed by atoms with Crippen molar-refractivity contribution in [2.24, 2.45) is 17.8 Å². The summed E-state index contributed by atoms with van der Waals surface area (Å²) in [6, 6.07) is 6.82. The molecule has 0 spiro atoms. The van der Waals surface area contributed by atoms with Crippen LogP contribution in [0.5, 0.6) is 5.75 Å². The summed E-state index contributed by atoms with van der Waals surface area (Å²) in [5.41, 5.74) is 0.782. The molecule has 0 saturated heterocycles. The molecule has 0 amide bonds. The lowest BCUT2D eigenvalue weighted by Gasteiger charge is -2.42. The van der Waals surface area contributed by atoms with Crippen LogP contribution in [-0.2, 0) is 0 Å². The fourth-order valence-corrected chi connectivity index (χ4v) is 6.36. The number of fused-ring (bicyclic) bond motifs is 2. The Bertz CT molecular complexity index is 950. The number of unbranched alkanes of at least 4 members (excludes halogenated alkanes) is 3. The highest BCUT2D eigenvalue weighted by atomic mass is 19.1. The first-order valence-electron chi connectivity index (χ1n) is 13.3. The molecule has 4 rings (SSSR count). The number of allylic oxidation sites excluding steroid dienone is 1. The number of hydrogen-bond donors (Lipinski definition) is 0. The van der Waals surface area contributed by atoms with Gasteiger partial charge < -0.3 is 4.74 Å². The molecule has 4 unspecified atom stereocenters. The van der Waals surface area contributed by atoms with Gasteiger partial charge >= 0.3 is 0 Å². The zero-order valence-electron chi connectivity index (χ0n) is 20.4. The lowest BCUT2D eigenvalue weighted by molar-refractivity contribution is 0.112. The van der Waals surface area contributed by atoms with Gasteiger partial charge in [0.1, 0.15) is 12.4 Å². The standard InChI is InChI=1S/C30H40F2O/c1-3-5-7-8-9-21-10-11-23-18-24(13-12-22(23)17-21)26-15-14-25-19-29(33-16-6-4-2)28(31)20-27(25)30(26)32/h4,6,14-15,19-24H,3,5,7-13,16-18H2,1-2H3. The van der Waals surface area contributed by atoms with Crippen LogP contribution in [0.2, 0.25) is 0 Å². The largest absolute Gasteiger partial charge is 0.486 e. The predicted octanol–water partition coefficient (Wildman–Crippen LogP) is 9.34. The van der Waals surface area contributed by atoms with E-state index in [4.69, 9.17) is 4.74 Å². The van der Waals surface area contributed by atoms with Gasteiger partial charge in [0.25, 0.3) is 0 Å². The topological polar surface area (TPSA) is 9.23 Å². The van der Waals surface area contributed by atoms with Crippen LogP contribution in [0.1, 0.15) is 96.0 Å². The van der Waals surface area contributed by atoms with Crippen molar-refractivity contribution >= 4 is 10.8 Å². The molecule has 2 aromatic rings. The first-order valence-corrected chi connectivity index (χ1v) is 13.3. The maximum Gasteiger partial charge on any atom is 0.165 e. The van der Waals surface area contributed by atoms with Gasteiger partial charge in [0, 0.05) is 5.39 Å². The van der Waals surface area contributed by atoms with Crippen LogP contribution in [0.4, 0.5) is 8.78 Å². The third-order valence-corrected chi connectivity index (χ3v) is 8.23. The maximum absolute atomic E-state index is 15.5. The van der Waals surface area contributed by atoms with Crippen molar-refractivity contribution in [3.05, 3.63) is 53.6 Å². The van der Waals surface area contributed by atoms with E-state index in [2.05, 4.69) is 6.92 Å². The molecule has 1 nitrogen and oxygen atoms in total. The number of rotatable bonds is 9. The Hall–Kier alpha value is -1.90. The van der Waals surface area contributed by atoms with E-state index >= 15 is 4.39 Å². The fourth-order valence-electron chi connectivity index (χ4n) is 6.36. The third-order valence-electron chi connectivity index (χ3n) is 8.23. The maximum atomic E-state index is 15.5. The van der Waals surface area contributed by atoms with Crippen molar-refractivity contribution in [3.8, 4) is 5.75 Å². The average Bonchev–Trinajstić information content (AvgIpc) is 2.83. The molecule has 2 aromatic carbocycles. The van der Waals surface area contributed by atoms with E-state index in [1.807, 2.05) is 31.2 Å². The van der Waals surface area contributed by atoms with Gasteiger partial charge in [0.05, 0.1) is 0 Å². The summed E-state index contributed by atoms with van der Waals surface area (Å²) in [5.74, 6) is 2.16. The molecule has 4 atom stereocenters. The fraction of sp³-hybridized carbons (Fsp3) is 0.600.